The lowest BCUT2D eigenvalue weighted by Gasteiger charge is -2.34. The molecule has 0 bridgehead atoms. The first kappa shape index (κ1) is 14.9. The molecule has 2 N–H and O–H groups in total. The van der Waals surface area contributed by atoms with E-state index >= 15 is 0 Å². The maximum atomic E-state index is 13.7. The summed E-state index contributed by atoms with van der Waals surface area (Å²) in [6, 6.07) is 5.55. The van der Waals surface area contributed by atoms with Crippen molar-refractivity contribution >= 4 is 15.9 Å². The molecule has 0 saturated carbocycles. The largest absolute Gasteiger partial charge is 0.377 e. The molecule has 19 heavy (non-hydrogen) atoms. The number of halogens is 2. The molecule has 1 saturated heterocycles. The summed E-state index contributed by atoms with van der Waals surface area (Å²) in [7, 11) is 2.04. The van der Waals surface area contributed by atoms with Gasteiger partial charge in [-0.15, -0.1) is 0 Å². The molecule has 0 spiro atoms. The number of nitrogens with two attached hydrogens (primary N) is 1. The number of benzene rings is 1. The van der Waals surface area contributed by atoms with Gasteiger partial charge in [-0.3, -0.25) is 4.90 Å². The SMILES string of the molecule is CC1OCCC1N(C)C(CN)c1ccc(Br)c(F)c1. The van der Waals surface area contributed by atoms with Gasteiger partial charge in [-0.1, -0.05) is 6.07 Å². The minimum absolute atomic E-state index is 0.0109. The van der Waals surface area contributed by atoms with Gasteiger partial charge in [0.1, 0.15) is 5.82 Å². The zero-order valence-electron chi connectivity index (χ0n) is 11.3. The Morgan fingerprint density at radius 1 is 1.58 bits per heavy atom. The van der Waals surface area contributed by atoms with Crippen molar-refractivity contribution in [3.05, 3.63) is 34.1 Å². The molecule has 1 heterocycles. The highest BCUT2D eigenvalue weighted by Crippen LogP contribution is 2.28. The van der Waals surface area contributed by atoms with Gasteiger partial charge < -0.3 is 10.5 Å². The molecule has 1 aliphatic heterocycles. The molecule has 0 aromatic heterocycles. The van der Waals surface area contributed by atoms with E-state index < -0.39 is 0 Å². The van der Waals surface area contributed by atoms with Crippen molar-refractivity contribution in [2.75, 3.05) is 20.2 Å². The number of hydrogen-bond acceptors (Lipinski definition) is 3. The van der Waals surface area contributed by atoms with Crippen LogP contribution in [-0.2, 0) is 4.74 Å². The second-order valence-electron chi connectivity index (χ2n) is 5.02. The molecule has 1 aromatic rings. The van der Waals surface area contributed by atoms with Crippen LogP contribution in [0.2, 0.25) is 0 Å². The Balaban J connectivity index is 2.20. The zero-order chi connectivity index (χ0) is 14.0. The maximum Gasteiger partial charge on any atom is 0.137 e. The van der Waals surface area contributed by atoms with Gasteiger partial charge in [0.15, 0.2) is 0 Å². The Labute approximate surface area is 122 Å². The van der Waals surface area contributed by atoms with Crippen LogP contribution in [0.1, 0.15) is 24.9 Å². The van der Waals surface area contributed by atoms with E-state index in [1.165, 1.54) is 0 Å². The topological polar surface area (TPSA) is 38.5 Å². The van der Waals surface area contributed by atoms with Gasteiger partial charge in [0.2, 0.25) is 0 Å². The first-order chi connectivity index (χ1) is 9.04. The van der Waals surface area contributed by atoms with Crippen molar-refractivity contribution in [1.29, 1.82) is 0 Å². The van der Waals surface area contributed by atoms with E-state index in [0.717, 1.165) is 18.6 Å². The van der Waals surface area contributed by atoms with Crippen LogP contribution in [0.3, 0.4) is 0 Å². The molecule has 3 nitrogen and oxygen atoms in total. The van der Waals surface area contributed by atoms with Crippen LogP contribution in [-0.4, -0.2) is 37.2 Å². The number of hydrogen-bond donors (Lipinski definition) is 1. The van der Waals surface area contributed by atoms with E-state index in [4.69, 9.17) is 10.5 Å². The quantitative estimate of drug-likeness (QED) is 0.922. The summed E-state index contributed by atoms with van der Waals surface area (Å²) in [6.07, 6.45) is 1.19. The zero-order valence-corrected chi connectivity index (χ0v) is 12.9. The van der Waals surface area contributed by atoms with Crippen LogP contribution in [0.5, 0.6) is 0 Å². The average Bonchev–Trinajstić information content (AvgIpc) is 2.80. The second kappa shape index (κ2) is 6.31. The molecule has 1 aromatic carbocycles. The van der Waals surface area contributed by atoms with Crippen LogP contribution in [0.4, 0.5) is 4.39 Å². The first-order valence-corrected chi connectivity index (χ1v) is 7.32. The standard InChI is InChI=1S/C14H20BrFN2O/c1-9-13(5-6-19-9)18(2)14(8-17)10-3-4-11(15)12(16)7-10/h3-4,7,9,13-14H,5-6,8,17H2,1-2H3. The third-order valence-corrected chi connectivity index (χ3v) is 4.55. The Morgan fingerprint density at radius 2 is 2.32 bits per heavy atom. The molecule has 106 valence electrons. The van der Waals surface area contributed by atoms with Crippen LogP contribution >= 0.6 is 15.9 Å². The summed E-state index contributed by atoms with van der Waals surface area (Å²) in [5, 5.41) is 0. The molecule has 2 rings (SSSR count). The lowest BCUT2D eigenvalue weighted by atomic mass is 10.0. The lowest BCUT2D eigenvalue weighted by molar-refractivity contribution is 0.0685. The molecule has 3 atom stereocenters. The number of ether oxygens (including phenoxy) is 1. The summed E-state index contributed by atoms with van der Waals surface area (Å²) in [6.45, 7) is 3.31. The maximum absolute atomic E-state index is 13.7. The summed E-state index contributed by atoms with van der Waals surface area (Å²) in [5.74, 6) is -0.250. The molecule has 1 aliphatic rings. The third-order valence-electron chi connectivity index (χ3n) is 3.90. The number of likely N-dealkylation sites (N-methyl/N-ethyl adjacent to an activating group) is 1. The molecule has 5 heteroatoms. The third kappa shape index (κ3) is 3.16. The van der Waals surface area contributed by atoms with Gasteiger partial charge in [0.05, 0.1) is 10.6 Å². The fourth-order valence-corrected chi connectivity index (χ4v) is 2.99. The molecular weight excluding hydrogens is 311 g/mol. The highest BCUT2D eigenvalue weighted by Gasteiger charge is 2.32. The van der Waals surface area contributed by atoms with E-state index in [-0.39, 0.29) is 18.0 Å². The predicted molar refractivity (Wildman–Crippen MR) is 77.5 cm³/mol. The van der Waals surface area contributed by atoms with Crippen LogP contribution < -0.4 is 5.73 Å². The van der Waals surface area contributed by atoms with E-state index in [1.54, 1.807) is 12.1 Å². The second-order valence-corrected chi connectivity index (χ2v) is 5.88. The van der Waals surface area contributed by atoms with E-state index in [9.17, 15) is 4.39 Å². The number of rotatable bonds is 4. The van der Waals surface area contributed by atoms with Gasteiger partial charge in [0.25, 0.3) is 0 Å². The minimum Gasteiger partial charge on any atom is -0.377 e. The Hall–Kier alpha value is -0.490. The first-order valence-electron chi connectivity index (χ1n) is 6.53. The molecule has 0 radical (unpaired) electrons. The number of nitrogens with zero attached hydrogens (tertiary/aromatic N) is 1. The van der Waals surface area contributed by atoms with Crippen LogP contribution in [0.15, 0.2) is 22.7 Å². The molecular formula is C14H20BrFN2O. The Bertz CT molecular complexity index is 443. The Kier molecular flexibility index (Phi) is 4.95. The summed E-state index contributed by atoms with van der Waals surface area (Å²) in [4.78, 5) is 2.21. The van der Waals surface area contributed by atoms with E-state index in [1.807, 2.05) is 13.1 Å². The van der Waals surface area contributed by atoms with Gasteiger partial charge in [-0.25, -0.2) is 4.39 Å². The minimum atomic E-state index is -0.250. The highest BCUT2D eigenvalue weighted by molar-refractivity contribution is 9.10. The highest BCUT2D eigenvalue weighted by atomic mass is 79.9. The predicted octanol–water partition coefficient (Wildman–Crippen LogP) is 2.70. The monoisotopic (exact) mass is 330 g/mol. The molecule has 0 amide bonds. The van der Waals surface area contributed by atoms with Gasteiger partial charge in [-0.05, 0) is 54.0 Å². The van der Waals surface area contributed by atoms with E-state index in [0.29, 0.717) is 17.1 Å². The molecule has 0 aliphatic carbocycles. The Morgan fingerprint density at radius 3 is 2.84 bits per heavy atom. The average molecular weight is 331 g/mol. The van der Waals surface area contributed by atoms with E-state index in [2.05, 4.69) is 27.8 Å². The molecule has 3 unspecified atom stereocenters. The van der Waals surface area contributed by atoms with Crippen molar-refractivity contribution < 1.29 is 9.13 Å². The van der Waals surface area contributed by atoms with Crippen molar-refractivity contribution in [2.45, 2.75) is 31.5 Å². The summed E-state index contributed by atoms with van der Waals surface area (Å²) in [5.41, 5.74) is 6.80. The van der Waals surface area contributed by atoms with Crippen LogP contribution in [0, 0.1) is 5.82 Å². The van der Waals surface area contributed by atoms with Gasteiger partial charge >= 0.3 is 0 Å². The van der Waals surface area contributed by atoms with Crippen molar-refractivity contribution in [3.8, 4) is 0 Å². The van der Waals surface area contributed by atoms with Crippen molar-refractivity contribution in [3.63, 3.8) is 0 Å². The normalized spacial score (nSPS) is 24.9. The fourth-order valence-electron chi connectivity index (χ4n) is 2.74. The molecule has 1 fully saturated rings. The van der Waals surface area contributed by atoms with Crippen molar-refractivity contribution in [2.24, 2.45) is 5.73 Å². The van der Waals surface area contributed by atoms with Crippen molar-refractivity contribution in [1.82, 2.24) is 4.90 Å². The summed E-state index contributed by atoms with van der Waals surface area (Å²) < 4.78 is 19.7. The van der Waals surface area contributed by atoms with Crippen LogP contribution in [0.25, 0.3) is 0 Å². The fraction of sp³-hybridized carbons (Fsp3) is 0.571. The summed E-state index contributed by atoms with van der Waals surface area (Å²) >= 11 is 3.17. The lowest BCUT2D eigenvalue weighted by Crippen LogP contribution is -2.42. The van der Waals surface area contributed by atoms with Gasteiger partial charge in [0, 0.05) is 25.2 Å². The van der Waals surface area contributed by atoms with Gasteiger partial charge in [-0.2, -0.15) is 0 Å². The smallest absolute Gasteiger partial charge is 0.137 e.